The van der Waals surface area contributed by atoms with Gasteiger partial charge in [-0.3, -0.25) is 4.79 Å². The van der Waals surface area contributed by atoms with E-state index in [-0.39, 0.29) is 18.6 Å². The summed E-state index contributed by atoms with van der Waals surface area (Å²) < 4.78 is 0. The third-order valence-corrected chi connectivity index (χ3v) is 2.95. The molecule has 0 saturated heterocycles. The number of amides is 1. The maximum absolute atomic E-state index is 12.1. The van der Waals surface area contributed by atoms with Gasteiger partial charge in [0.1, 0.15) is 0 Å². The average Bonchev–Trinajstić information content (AvgIpc) is 2.42. The number of aliphatic hydroxyl groups excluding tert-OH is 1. The van der Waals surface area contributed by atoms with Crippen LogP contribution in [0.5, 0.6) is 0 Å². The van der Waals surface area contributed by atoms with E-state index in [1.165, 1.54) is 0 Å². The summed E-state index contributed by atoms with van der Waals surface area (Å²) in [6.45, 7) is 2.75. The van der Waals surface area contributed by atoms with Crippen LogP contribution in [-0.2, 0) is 6.42 Å². The Labute approximate surface area is 108 Å². The fourth-order valence-corrected chi connectivity index (χ4v) is 1.76. The second-order valence-electron chi connectivity index (χ2n) is 4.27. The zero-order valence-electron chi connectivity index (χ0n) is 11.1. The number of carbonyl (C=O) groups is 1. The minimum absolute atomic E-state index is 0.0269. The van der Waals surface area contributed by atoms with Crippen molar-refractivity contribution < 1.29 is 9.90 Å². The number of rotatable bonds is 7. The van der Waals surface area contributed by atoms with E-state index in [0.29, 0.717) is 5.56 Å². The first-order valence-corrected chi connectivity index (χ1v) is 6.37. The highest BCUT2D eigenvalue weighted by Crippen LogP contribution is 2.09. The summed E-state index contributed by atoms with van der Waals surface area (Å²) in [4.78, 5) is 12.1. The van der Waals surface area contributed by atoms with Crippen molar-refractivity contribution in [2.24, 2.45) is 0 Å². The summed E-state index contributed by atoms with van der Waals surface area (Å²) in [6.07, 6.45) is 1.54. The number of benzene rings is 1. The quantitative estimate of drug-likeness (QED) is 0.675. The van der Waals surface area contributed by atoms with Gasteiger partial charge < -0.3 is 15.7 Å². The molecule has 0 aliphatic rings. The molecule has 0 aliphatic carbocycles. The van der Waals surface area contributed by atoms with Crippen molar-refractivity contribution in [1.82, 2.24) is 10.6 Å². The predicted molar refractivity (Wildman–Crippen MR) is 72.7 cm³/mol. The zero-order valence-corrected chi connectivity index (χ0v) is 11.1. The fraction of sp³-hybridized carbons (Fsp3) is 0.500. The average molecular weight is 250 g/mol. The SMILES string of the molecule is CC[C@H](CO)NC(=O)c1ccccc1CCNC. The minimum Gasteiger partial charge on any atom is -0.394 e. The first kappa shape index (κ1) is 14.7. The van der Waals surface area contributed by atoms with Gasteiger partial charge in [0.2, 0.25) is 0 Å². The molecule has 0 radical (unpaired) electrons. The van der Waals surface area contributed by atoms with Crippen molar-refractivity contribution >= 4 is 5.91 Å². The maximum atomic E-state index is 12.1. The molecule has 1 amide bonds. The lowest BCUT2D eigenvalue weighted by atomic mass is 10.0. The van der Waals surface area contributed by atoms with E-state index in [9.17, 15) is 4.79 Å². The first-order valence-electron chi connectivity index (χ1n) is 6.37. The molecule has 4 heteroatoms. The molecule has 100 valence electrons. The van der Waals surface area contributed by atoms with Crippen LogP contribution in [0.4, 0.5) is 0 Å². The van der Waals surface area contributed by atoms with Crippen molar-refractivity contribution in [2.45, 2.75) is 25.8 Å². The highest BCUT2D eigenvalue weighted by Gasteiger charge is 2.13. The van der Waals surface area contributed by atoms with E-state index < -0.39 is 0 Å². The lowest BCUT2D eigenvalue weighted by molar-refractivity contribution is 0.0914. The summed E-state index contributed by atoms with van der Waals surface area (Å²) in [7, 11) is 1.89. The van der Waals surface area contributed by atoms with Crippen LogP contribution in [0.3, 0.4) is 0 Å². The van der Waals surface area contributed by atoms with Crippen LogP contribution < -0.4 is 10.6 Å². The van der Waals surface area contributed by atoms with Gasteiger partial charge in [-0.2, -0.15) is 0 Å². The Balaban J connectivity index is 2.77. The minimum atomic E-state index is -0.171. The summed E-state index contributed by atoms with van der Waals surface area (Å²) in [5, 5.41) is 15.0. The molecule has 0 fully saturated rings. The van der Waals surface area contributed by atoms with Gasteiger partial charge in [0.15, 0.2) is 0 Å². The number of hydrogen-bond acceptors (Lipinski definition) is 3. The molecule has 0 heterocycles. The fourth-order valence-electron chi connectivity index (χ4n) is 1.76. The molecular formula is C14H22N2O2. The van der Waals surface area contributed by atoms with Crippen LogP contribution in [-0.4, -0.2) is 37.3 Å². The third-order valence-electron chi connectivity index (χ3n) is 2.95. The molecule has 3 N–H and O–H groups in total. The van der Waals surface area contributed by atoms with Crippen molar-refractivity contribution in [3.63, 3.8) is 0 Å². The molecule has 0 unspecified atom stereocenters. The summed E-state index contributed by atoms with van der Waals surface area (Å²) in [5.74, 6) is -0.109. The second kappa shape index (κ2) is 7.84. The first-order chi connectivity index (χ1) is 8.72. The van der Waals surface area contributed by atoms with Gasteiger partial charge >= 0.3 is 0 Å². The summed E-state index contributed by atoms with van der Waals surface area (Å²) in [5.41, 5.74) is 1.72. The Morgan fingerprint density at radius 3 is 2.72 bits per heavy atom. The molecular weight excluding hydrogens is 228 g/mol. The molecule has 1 aromatic rings. The van der Waals surface area contributed by atoms with Crippen molar-refractivity contribution in [3.8, 4) is 0 Å². The predicted octanol–water partition coefficient (Wildman–Crippen LogP) is 0.949. The zero-order chi connectivity index (χ0) is 13.4. The highest BCUT2D eigenvalue weighted by atomic mass is 16.3. The Bertz CT molecular complexity index is 376. The molecule has 1 aromatic carbocycles. The Hall–Kier alpha value is -1.39. The van der Waals surface area contributed by atoms with Crippen LogP contribution in [0, 0.1) is 0 Å². The number of nitrogens with one attached hydrogen (secondary N) is 2. The van der Waals surface area contributed by atoms with Gasteiger partial charge in [0, 0.05) is 5.56 Å². The topological polar surface area (TPSA) is 61.4 Å². The molecule has 4 nitrogen and oxygen atoms in total. The second-order valence-corrected chi connectivity index (χ2v) is 4.27. The van der Waals surface area contributed by atoms with E-state index in [4.69, 9.17) is 5.11 Å². The Morgan fingerprint density at radius 1 is 1.39 bits per heavy atom. The third kappa shape index (κ3) is 4.13. The molecule has 18 heavy (non-hydrogen) atoms. The standard InChI is InChI=1S/C14H22N2O2/c1-3-12(10-17)16-14(18)13-7-5-4-6-11(13)8-9-15-2/h4-7,12,15,17H,3,8-10H2,1-2H3,(H,16,18)/t12-/m1/s1. The molecule has 0 aromatic heterocycles. The van der Waals surface area contributed by atoms with Crippen molar-refractivity contribution in [1.29, 1.82) is 0 Å². The van der Waals surface area contributed by atoms with Crippen molar-refractivity contribution in [3.05, 3.63) is 35.4 Å². The smallest absolute Gasteiger partial charge is 0.251 e. The van der Waals surface area contributed by atoms with Crippen LogP contribution in [0.1, 0.15) is 29.3 Å². The normalized spacial score (nSPS) is 12.2. The van der Waals surface area contributed by atoms with Gasteiger partial charge in [0.25, 0.3) is 5.91 Å². The van der Waals surface area contributed by atoms with E-state index in [1.54, 1.807) is 0 Å². The van der Waals surface area contributed by atoms with Crippen molar-refractivity contribution in [2.75, 3.05) is 20.2 Å². The molecule has 0 aliphatic heterocycles. The maximum Gasteiger partial charge on any atom is 0.251 e. The monoisotopic (exact) mass is 250 g/mol. The van der Waals surface area contributed by atoms with Gasteiger partial charge in [-0.1, -0.05) is 25.1 Å². The lowest BCUT2D eigenvalue weighted by Gasteiger charge is -2.15. The molecule has 0 saturated carbocycles. The Morgan fingerprint density at radius 2 is 2.11 bits per heavy atom. The summed E-state index contributed by atoms with van der Waals surface area (Å²) >= 11 is 0. The van der Waals surface area contributed by atoms with Gasteiger partial charge in [0.05, 0.1) is 12.6 Å². The molecule has 1 atom stereocenters. The summed E-state index contributed by atoms with van der Waals surface area (Å²) in [6, 6.07) is 7.41. The molecule has 0 bridgehead atoms. The van der Waals surface area contributed by atoms with Crippen LogP contribution in [0.15, 0.2) is 24.3 Å². The lowest BCUT2D eigenvalue weighted by Crippen LogP contribution is -2.37. The van der Waals surface area contributed by atoms with Crippen LogP contribution in [0.2, 0.25) is 0 Å². The van der Waals surface area contributed by atoms with E-state index in [2.05, 4.69) is 10.6 Å². The number of carbonyl (C=O) groups excluding carboxylic acids is 1. The van der Waals surface area contributed by atoms with Gasteiger partial charge in [-0.25, -0.2) is 0 Å². The van der Waals surface area contributed by atoms with Gasteiger partial charge in [-0.05, 0) is 38.1 Å². The molecule has 0 spiro atoms. The number of hydrogen-bond donors (Lipinski definition) is 3. The number of likely N-dealkylation sites (N-methyl/N-ethyl adjacent to an activating group) is 1. The van der Waals surface area contributed by atoms with Crippen LogP contribution >= 0.6 is 0 Å². The van der Waals surface area contributed by atoms with Crippen LogP contribution in [0.25, 0.3) is 0 Å². The largest absolute Gasteiger partial charge is 0.394 e. The number of aliphatic hydroxyl groups is 1. The highest BCUT2D eigenvalue weighted by molar-refractivity contribution is 5.95. The molecule has 1 rings (SSSR count). The van der Waals surface area contributed by atoms with Gasteiger partial charge in [-0.15, -0.1) is 0 Å². The van der Waals surface area contributed by atoms with E-state index >= 15 is 0 Å². The Kier molecular flexibility index (Phi) is 6.39. The van der Waals surface area contributed by atoms with E-state index in [1.807, 2.05) is 38.2 Å². The van der Waals surface area contributed by atoms with E-state index in [0.717, 1.165) is 24.9 Å².